The van der Waals surface area contributed by atoms with E-state index in [1.165, 1.54) is 6.42 Å². The number of hydrogen-bond donors (Lipinski definition) is 1. The van der Waals surface area contributed by atoms with Crippen LogP contribution in [0.4, 0.5) is 11.5 Å². The predicted octanol–water partition coefficient (Wildman–Crippen LogP) is 4.43. The average Bonchev–Trinajstić information content (AvgIpc) is 2.68. The zero-order valence-electron chi connectivity index (χ0n) is 15.4. The molecule has 1 aliphatic heterocycles. The molecular weight excluding hydrogens is 326 g/mol. The first-order valence-electron chi connectivity index (χ1n) is 9.23. The molecule has 2 heterocycles. The molecule has 1 atom stereocenters. The maximum atomic E-state index is 12.8. The van der Waals surface area contributed by atoms with E-state index < -0.39 is 0 Å². The van der Waals surface area contributed by atoms with Crippen molar-refractivity contribution in [2.45, 2.75) is 45.6 Å². The molecule has 0 bridgehead atoms. The van der Waals surface area contributed by atoms with Crippen LogP contribution < -0.4 is 5.32 Å². The van der Waals surface area contributed by atoms with Crippen molar-refractivity contribution in [3.8, 4) is 0 Å². The Morgan fingerprint density at radius 3 is 2.46 bits per heavy atom. The van der Waals surface area contributed by atoms with Crippen LogP contribution in [0.2, 0.25) is 0 Å². The highest BCUT2D eigenvalue weighted by Crippen LogP contribution is 2.22. The topological polar surface area (TPSA) is 62.3 Å². The second-order valence-electron chi connectivity index (χ2n) is 6.75. The van der Waals surface area contributed by atoms with E-state index in [2.05, 4.69) is 17.2 Å². The maximum Gasteiger partial charge on any atom is 0.255 e. The number of pyridine rings is 1. The van der Waals surface area contributed by atoms with Crippen LogP contribution in [0.5, 0.6) is 0 Å². The zero-order valence-corrected chi connectivity index (χ0v) is 15.4. The first-order valence-corrected chi connectivity index (χ1v) is 9.23. The van der Waals surface area contributed by atoms with Crippen molar-refractivity contribution in [3.05, 3.63) is 53.7 Å². The van der Waals surface area contributed by atoms with E-state index in [9.17, 15) is 9.59 Å². The molecule has 0 radical (unpaired) electrons. The Morgan fingerprint density at radius 2 is 1.85 bits per heavy atom. The number of ketones is 1. The Hall–Kier alpha value is -2.69. The number of aromatic nitrogens is 1. The summed E-state index contributed by atoms with van der Waals surface area (Å²) in [6.45, 7) is 4.52. The third-order valence-electron chi connectivity index (χ3n) is 4.93. The predicted molar refractivity (Wildman–Crippen MR) is 103 cm³/mol. The minimum atomic E-state index is 0.0423. The molecule has 5 nitrogen and oxygen atoms in total. The maximum absolute atomic E-state index is 12.8. The summed E-state index contributed by atoms with van der Waals surface area (Å²) in [5.41, 5.74) is 2.16. The van der Waals surface area contributed by atoms with Gasteiger partial charge in [0, 0.05) is 30.0 Å². The highest BCUT2D eigenvalue weighted by atomic mass is 16.2. The van der Waals surface area contributed by atoms with Crippen LogP contribution in [0, 0.1) is 0 Å². The largest absolute Gasteiger partial charge is 0.340 e. The van der Waals surface area contributed by atoms with E-state index in [-0.39, 0.29) is 11.7 Å². The summed E-state index contributed by atoms with van der Waals surface area (Å²) >= 11 is 0. The van der Waals surface area contributed by atoms with E-state index in [4.69, 9.17) is 0 Å². The van der Waals surface area contributed by atoms with Gasteiger partial charge in [0.2, 0.25) is 0 Å². The number of rotatable bonds is 5. The fourth-order valence-corrected chi connectivity index (χ4v) is 3.39. The van der Waals surface area contributed by atoms with Crippen molar-refractivity contribution in [2.75, 3.05) is 11.9 Å². The molecule has 26 heavy (non-hydrogen) atoms. The van der Waals surface area contributed by atoms with Gasteiger partial charge in [-0.2, -0.15) is 0 Å². The first kappa shape index (κ1) is 18.1. The Bertz CT molecular complexity index is 769. The lowest BCUT2D eigenvalue weighted by Crippen LogP contribution is -2.43. The van der Waals surface area contributed by atoms with Gasteiger partial charge in [0.25, 0.3) is 5.91 Å². The van der Waals surface area contributed by atoms with Crippen LogP contribution in [0.3, 0.4) is 0 Å². The molecule has 0 saturated carbocycles. The molecule has 1 amide bonds. The van der Waals surface area contributed by atoms with E-state index in [1.807, 2.05) is 29.2 Å². The van der Waals surface area contributed by atoms with Crippen molar-refractivity contribution in [1.29, 1.82) is 0 Å². The van der Waals surface area contributed by atoms with Gasteiger partial charge in [-0.25, -0.2) is 4.98 Å². The third-order valence-corrected chi connectivity index (χ3v) is 4.93. The zero-order chi connectivity index (χ0) is 18.5. The number of Topliss-reactive ketones (excluding diaryl/α,β-unsaturated/α-hetero) is 1. The molecule has 1 N–H and O–H groups in total. The second-order valence-corrected chi connectivity index (χ2v) is 6.75. The number of amides is 1. The number of anilines is 2. The van der Waals surface area contributed by atoms with Gasteiger partial charge in [0.1, 0.15) is 5.82 Å². The average molecular weight is 351 g/mol. The molecule has 5 heteroatoms. The van der Waals surface area contributed by atoms with E-state index in [0.717, 1.165) is 31.5 Å². The van der Waals surface area contributed by atoms with Gasteiger partial charge in [-0.1, -0.05) is 6.92 Å². The fourth-order valence-electron chi connectivity index (χ4n) is 3.39. The van der Waals surface area contributed by atoms with Crippen LogP contribution in [0.25, 0.3) is 0 Å². The summed E-state index contributed by atoms with van der Waals surface area (Å²) < 4.78 is 0. The van der Waals surface area contributed by atoms with Gasteiger partial charge in [-0.05, 0) is 69.0 Å². The van der Waals surface area contributed by atoms with Gasteiger partial charge in [-0.3, -0.25) is 9.59 Å². The van der Waals surface area contributed by atoms with Gasteiger partial charge >= 0.3 is 0 Å². The lowest BCUT2D eigenvalue weighted by molar-refractivity contribution is 0.0607. The fraction of sp³-hybridized carbons (Fsp3) is 0.381. The Kier molecular flexibility index (Phi) is 5.66. The first-order chi connectivity index (χ1) is 12.6. The molecule has 1 unspecified atom stereocenters. The summed E-state index contributed by atoms with van der Waals surface area (Å²) in [6, 6.07) is 11.2. The van der Waals surface area contributed by atoms with Crippen molar-refractivity contribution in [1.82, 2.24) is 9.88 Å². The quantitative estimate of drug-likeness (QED) is 0.809. The van der Waals surface area contributed by atoms with E-state index >= 15 is 0 Å². The minimum absolute atomic E-state index is 0.0423. The normalized spacial score (nSPS) is 17.0. The van der Waals surface area contributed by atoms with E-state index in [0.29, 0.717) is 23.0 Å². The van der Waals surface area contributed by atoms with Crippen LogP contribution in [-0.2, 0) is 0 Å². The molecule has 0 spiro atoms. The van der Waals surface area contributed by atoms with Gasteiger partial charge < -0.3 is 10.2 Å². The second kappa shape index (κ2) is 8.13. The highest BCUT2D eigenvalue weighted by molar-refractivity contribution is 5.95. The monoisotopic (exact) mass is 351 g/mol. The van der Waals surface area contributed by atoms with Crippen LogP contribution >= 0.6 is 0 Å². The number of piperidine rings is 1. The molecule has 2 aromatic rings. The summed E-state index contributed by atoms with van der Waals surface area (Å²) in [4.78, 5) is 30.5. The van der Waals surface area contributed by atoms with Gasteiger partial charge in [-0.15, -0.1) is 0 Å². The molecule has 1 aromatic heterocycles. The Morgan fingerprint density at radius 1 is 1.12 bits per heavy atom. The summed E-state index contributed by atoms with van der Waals surface area (Å²) in [5.74, 6) is 0.782. The van der Waals surface area contributed by atoms with Crippen molar-refractivity contribution in [3.63, 3.8) is 0 Å². The SMILES string of the molecule is CCC1CCCCN1C(=O)c1ccc(Nc2ccc(C(C)=O)cc2)nc1. The molecular formula is C21H25N3O2. The number of likely N-dealkylation sites (tertiary alicyclic amines) is 1. The molecule has 1 fully saturated rings. The van der Waals surface area contributed by atoms with Crippen LogP contribution in [0.1, 0.15) is 60.2 Å². The molecule has 3 rings (SSSR count). The van der Waals surface area contributed by atoms with Crippen molar-refractivity contribution >= 4 is 23.2 Å². The number of carbonyl (C=O) groups is 2. The van der Waals surface area contributed by atoms with Gasteiger partial charge in [0.15, 0.2) is 5.78 Å². The lowest BCUT2D eigenvalue weighted by Gasteiger charge is -2.35. The number of nitrogens with one attached hydrogen (secondary N) is 1. The Labute approximate surface area is 154 Å². The lowest BCUT2D eigenvalue weighted by atomic mass is 9.99. The molecule has 0 aliphatic carbocycles. The van der Waals surface area contributed by atoms with Gasteiger partial charge in [0.05, 0.1) is 5.56 Å². The van der Waals surface area contributed by atoms with Crippen LogP contribution in [0.15, 0.2) is 42.6 Å². The number of nitrogens with zero attached hydrogens (tertiary/aromatic N) is 2. The smallest absolute Gasteiger partial charge is 0.255 e. The molecule has 1 saturated heterocycles. The summed E-state index contributed by atoms with van der Waals surface area (Å²) in [7, 11) is 0. The Balaban J connectivity index is 1.67. The number of carbonyl (C=O) groups excluding carboxylic acids is 2. The van der Waals surface area contributed by atoms with Crippen molar-refractivity contribution < 1.29 is 9.59 Å². The molecule has 1 aliphatic rings. The van der Waals surface area contributed by atoms with E-state index in [1.54, 1.807) is 25.3 Å². The molecule has 1 aromatic carbocycles. The molecule has 136 valence electrons. The van der Waals surface area contributed by atoms with Crippen LogP contribution in [-0.4, -0.2) is 34.2 Å². The standard InChI is InChI=1S/C21H25N3O2/c1-3-19-6-4-5-13-24(19)21(26)17-9-12-20(22-14-17)23-18-10-7-16(8-11-18)15(2)25/h7-12,14,19H,3-6,13H2,1-2H3,(H,22,23). The number of benzene rings is 1. The summed E-state index contributed by atoms with van der Waals surface area (Å²) in [5, 5.41) is 3.19. The summed E-state index contributed by atoms with van der Waals surface area (Å²) in [6.07, 6.45) is 5.99. The number of hydrogen-bond acceptors (Lipinski definition) is 4. The minimum Gasteiger partial charge on any atom is -0.340 e. The highest BCUT2D eigenvalue weighted by Gasteiger charge is 2.26. The van der Waals surface area contributed by atoms with Crippen molar-refractivity contribution in [2.24, 2.45) is 0 Å². The third kappa shape index (κ3) is 4.10.